The number of aryl methyl sites for hydroxylation is 3. The van der Waals surface area contributed by atoms with Crippen molar-refractivity contribution in [3.63, 3.8) is 0 Å². The van der Waals surface area contributed by atoms with Crippen LogP contribution in [0, 0.1) is 20.8 Å². The average Bonchev–Trinajstić information content (AvgIpc) is 2.53. The molecule has 0 aliphatic heterocycles. The molecule has 0 aromatic heterocycles. The van der Waals surface area contributed by atoms with Crippen molar-refractivity contribution in [2.75, 3.05) is 17.1 Å². The van der Waals surface area contributed by atoms with Gasteiger partial charge in [0.2, 0.25) is 15.9 Å². The summed E-state index contributed by atoms with van der Waals surface area (Å²) in [5.41, 5.74) is 4.62. The second-order valence-electron chi connectivity index (χ2n) is 6.98. The Kier molecular flexibility index (Phi) is 7.02. The largest absolute Gasteiger partial charge is 0.348 e. The van der Waals surface area contributed by atoms with Gasteiger partial charge in [-0.3, -0.25) is 9.10 Å². The third-order valence-electron chi connectivity index (χ3n) is 4.55. The third kappa shape index (κ3) is 5.63. The summed E-state index contributed by atoms with van der Waals surface area (Å²) >= 11 is 12.0. The molecule has 2 aromatic rings. The summed E-state index contributed by atoms with van der Waals surface area (Å²) in [5.74, 6) is -0.424. The molecule has 2 rings (SSSR count). The Balaban J connectivity index is 2.24. The van der Waals surface area contributed by atoms with Crippen molar-refractivity contribution >= 4 is 44.8 Å². The average molecular weight is 443 g/mol. The molecular formula is C20H24Cl2N2O3S. The zero-order valence-corrected chi connectivity index (χ0v) is 18.8. The molecule has 0 fully saturated rings. The lowest BCUT2D eigenvalue weighted by Gasteiger charge is -2.24. The Morgan fingerprint density at radius 3 is 2.07 bits per heavy atom. The first kappa shape index (κ1) is 22.5. The molecule has 28 heavy (non-hydrogen) atoms. The molecule has 0 aliphatic rings. The molecule has 1 N–H and O–H groups in total. The molecule has 0 saturated carbocycles. The van der Waals surface area contributed by atoms with Gasteiger partial charge in [0.05, 0.1) is 18.0 Å². The highest BCUT2D eigenvalue weighted by Crippen LogP contribution is 2.27. The number of halogens is 2. The van der Waals surface area contributed by atoms with Gasteiger partial charge in [-0.25, -0.2) is 8.42 Å². The van der Waals surface area contributed by atoms with Crippen LogP contribution in [0.4, 0.5) is 5.69 Å². The number of nitrogens with one attached hydrogen (secondary N) is 1. The van der Waals surface area contributed by atoms with E-state index in [1.807, 2.05) is 33.8 Å². The van der Waals surface area contributed by atoms with Crippen molar-refractivity contribution in [3.05, 3.63) is 62.6 Å². The zero-order chi connectivity index (χ0) is 21.2. The molecule has 152 valence electrons. The number of rotatable bonds is 6. The Morgan fingerprint density at radius 1 is 1.00 bits per heavy atom. The van der Waals surface area contributed by atoms with Crippen LogP contribution in [-0.4, -0.2) is 27.1 Å². The van der Waals surface area contributed by atoms with Crippen LogP contribution in [0.5, 0.6) is 0 Å². The quantitative estimate of drug-likeness (QED) is 0.712. The maximum atomic E-state index is 12.6. The standard InChI is InChI=1S/C20H24Cl2N2O3S/c1-12-6-14(3)19(7-13(12)2)15(4)23-20(25)11-24(28(5,26)27)18-9-16(21)8-17(22)10-18/h6-10,15H,11H2,1-5H3,(H,23,25). The Bertz CT molecular complexity index is 987. The van der Waals surface area contributed by atoms with Gasteiger partial charge in [-0.15, -0.1) is 0 Å². The van der Waals surface area contributed by atoms with Gasteiger partial charge in [0.15, 0.2) is 0 Å². The van der Waals surface area contributed by atoms with Gasteiger partial charge in [-0.05, 0) is 68.1 Å². The van der Waals surface area contributed by atoms with Crippen LogP contribution in [0.2, 0.25) is 10.0 Å². The lowest BCUT2D eigenvalue weighted by atomic mass is 9.96. The molecule has 0 bridgehead atoms. The van der Waals surface area contributed by atoms with Crippen LogP contribution < -0.4 is 9.62 Å². The molecule has 1 amide bonds. The lowest BCUT2D eigenvalue weighted by Crippen LogP contribution is -2.41. The fourth-order valence-electron chi connectivity index (χ4n) is 3.03. The van der Waals surface area contributed by atoms with E-state index >= 15 is 0 Å². The van der Waals surface area contributed by atoms with Crippen LogP contribution >= 0.6 is 23.2 Å². The molecule has 0 heterocycles. The minimum atomic E-state index is -3.71. The first-order chi connectivity index (χ1) is 12.9. The number of anilines is 1. The highest BCUT2D eigenvalue weighted by Gasteiger charge is 2.23. The molecule has 1 atom stereocenters. The molecule has 8 heteroatoms. The zero-order valence-electron chi connectivity index (χ0n) is 16.5. The smallest absolute Gasteiger partial charge is 0.241 e. The number of carbonyl (C=O) groups excluding carboxylic acids is 1. The minimum absolute atomic E-state index is 0.241. The summed E-state index contributed by atoms with van der Waals surface area (Å²) in [6.45, 7) is 7.54. The summed E-state index contributed by atoms with van der Waals surface area (Å²) in [6.07, 6.45) is 1.03. The lowest BCUT2D eigenvalue weighted by molar-refractivity contribution is -0.120. The SMILES string of the molecule is Cc1cc(C)c(C(C)NC(=O)CN(c2cc(Cl)cc(Cl)c2)S(C)(=O)=O)cc1C. The second-order valence-corrected chi connectivity index (χ2v) is 9.76. The van der Waals surface area contributed by atoms with Crippen molar-refractivity contribution in [1.82, 2.24) is 5.32 Å². The number of hydrogen-bond donors (Lipinski definition) is 1. The molecule has 0 aliphatic carbocycles. The third-order valence-corrected chi connectivity index (χ3v) is 6.13. The van der Waals surface area contributed by atoms with E-state index in [9.17, 15) is 13.2 Å². The number of nitrogens with zero attached hydrogens (tertiary/aromatic N) is 1. The van der Waals surface area contributed by atoms with Crippen LogP contribution in [-0.2, 0) is 14.8 Å². The highest BCUT2D eigenvalue weighted by atomic mass is 35.5. The number of carbonyl (C=O) groups is 1. The predicted molar refractivity (Wildman–Crippen MR) is 116 cm³/mol. The number of hydrogen-bond acceptors (Lipinski definition) is 3. The van der Waals surface area contributed by atoms with E-state index in [0.29, 0.717) is 0 Å². The van der Waals surface area contributed by atoms with E-state index in [1.54, 1.807) is 0 Å². The van der Waals surface area contributed by atoms with E-state index in [1.165, 1.54) is 23.8 Å². The molecular weight excluding hydrogens is 419 g/mol. The van der Waals surface area contributed by atoms with E-state index in [0.717, 1.165) is 27.3 Å². The maximum absolute atomic E-state index is 12.6. The Labute approximate surface area is 176 Å². The van der Waals surface area contributed by atoms with Crippen LogP contribution in [0.3, 0.4) is 0 Å². The fraction of sp³-hybridized carbons (Fsp3) is 0.350. The molecule has 0 spiro atoms. The van der Waals surface area contributed by atoms with E-state index in [2.05, 4.69) is 11.4 Å². The first-order valence-electron chi connectivity index (χ1n) is 8.69. The van der Waals surface area contributed by atoms with Crippen LogP contribution in [0.25, 0.3) is 0 Å². The van der Waals surface area contributed by atoms with Gasteiger partial charge >= 0.3 is 0 Å². The van der Waals surface area contributed by atoms with E-state index in [4.69, 9.17) is 23.2 Å². The Hall–Kier alpha value is -1.76. The Morgan fingerprint density at radius 2 is 1.54 bits per heavy atom. The van der Waals surface area contributed by atoms with Gasteiger partial charge < -0.3 is 5.32 Å². The first-order valence-corrected chi connectivity index (χ1v) is 11.3. The second kappa shape index (κ2) is 8.72. The predicted octanol–water partition coefficient (Wildman–Crippen LogP) is 4.56. The van der Waals surface area contributed by atoms with Crippen molar-refractivity contribution < 1.29 is 13.2 Å². The van der Waals surface area contributed by atoms with Gasteiger partial charge in [-0.2, -0.15) is 0 Å². The molecule has 0 radical (unpaired) electrons. The topological polar surface area (TPSA) is 66.5 Å². The van der Waals surface area contributed by atoms with Gasteiger partial charge in [0, 0.05) is 10.0 Å². The van der Waals surface area contributed by atoms with Gasteiger partial charge in [0.25, 0.3) is 0 Å². The molecule has 5 nitrogen and oxygen atoms in total. The summed E-state index contributed by atoms with van der Waals surface area (Å²) in [5, 5.41) is 3.45. The summed E-state index contributed by atoms with van der Waals surface area (Å²) < 4.78 is 25.5. The molecule has 2 aromatic carbocycles. The van der Waals surface area contributed by atoms with Crippen molar-refractivity contribution in [1.29, 1.82) is 0 Å². The van der Waals surface area contributed by atoms with E-state index in [-0.39, 0.29) is 28.3 Å². The minimum Gasteiger partial charge on any atom is -0.348 e. The summed E-state index contributed by atoms with van der Waals surface area (Å²) in [7, 11) is -3.71. The maximum Gasteiger partial charge on any atom is 0.241 e. The number of benzene rings is 2. The molecule has 1 unspecified atom stereocenters. The normalized spacial score (nSPS) is 12.5. The van der Waals surface area contributed by atoms with Crippen LogP contribution in [0.15, 0.2) is 30.3 Å². The van der Waals surface area contributed by atoms with Crippen molar-refractivity contribution in [2.24, 2.45) is 0 Å². The summed E-state index contributed by atoms with van der Waals surface area (Å²) in [6, 6.07) is 8.26. The number of sulfonamides is 1. The summed E-state index contributed by atoms with van der Waals surface area (Å²) in [4.78, 5) is 12.6. The molecule has 0 saturated heterocycles. The number of amides is 1. The van der Waals surface area contributed by atoms with Crippen LogP contribution in [0.1, 0.15) is 35.2 Å². The fourth-order valence-corrected chi connectivity index (χ4v) is 4.38. The monoisotopic (exact) mass is 442 g/mol. The van der Waals surface area contributed by atoms with Crippen molar-refractivity contribution in [3.8, 4) is 0 Å². The van der Waals surface area contributed by atoms with Gasteiger partial charge in [-0.1, -0.05) is 35.3 Å². The highest BCUT2D eigenvalue weighted by molar-refractivity contribution is 7.92. The van der Waals surface area contributed by atoms with E-state index < -0.39 is 15.9 Å². The van der Waals surface area contributed by atoms with Crippen molar-refractivity contribution in [2.45, 2.75) is 33.7 Å². The van der Waals surface area contributed by atoms with Gasteiger partial charge in [0.1, 0.15) is 6.54 Å².